The van der Waals surface area contributed by atoms with E-state index >= 15 is 4.39 Å². The van der Waals surface area contributed by atoms with Gasteiger partial charge in [0, 0.05) is 23.1 Å². The molecule has 1 fully saturated rings. The Hall–Kier alpha value is -3.36. The lowest BCUT2D eigenvalue weighted by molar-refractivity contribution is 0.0731. The summed E-state index contributed by atoms with van der Waals surface area (Å²) in [5.74, 6) is 0.0538. The number of aliphatic hydroxyl groups excluding tert-OH is 1. The Kier molecular flexibility index (Phi) is 4.06. The minimum absolute atomic E-state index is 0.185. The van der Waals surface area contributed by atoms with E-state index in [4.69, 9.17) is 5.73 Å². The first-order valence-electron chi connectivity index (χ1n) is 10.0. The molecule has 8 heteroatoms. The van der Waals surface area contributed by atoms with Crippen LogP contribution >= 0.6 is 11.3 Å². The van der Waals surface area contributed by atoms with Crippen molar-refractivity contribution in [2.75, 3.05) is 5.73 Å². The molecule has 1 aliphatic carbocycles. The molecule has 4 heterocycles. The smallest absolute Gasteiger partial charge is 0.158 e. The summed E-state index contributed by atoms with van der Waals surface area (Å²) in [4.78, 5) is 14.5. The number of nitrogens with zero attached hydrogens (tertiary/aromatic N) is 4. The first-order chi connectivity index (χ1) is 15.1. The number of fused-ring (bicyclic) bond motifs is 2. The van der Waals surface area contributed by atoms with Crippen molar-refractivity contribution in [2.24, 2.45) is 0 Å². The Morgan fingerprint density at radius 1 is 1.13 bits per heavy atom. The Labute approximate surface area is 180 Å². The number of imidazole rings is 1. The molecule has 0 atom stereocenters. The van der Waals surface area contributed by atoms with E-state index in [9.17, 15) is 5.11 Å². The first-order valence-corrected chi connectivity index (χ1v) is 10.9. The quantitative estimate of drug-likeness (QED) is 0.435. The molecule has 0 unspecified atom stereocenters. The van der Waals surface area contributed by atoms with Gasteiger partial charge in [-0.05, 0) is 36.4 Å². The molecule has 0 spiro atoms. The highest BCUT2D eigenvalue weighted by atomic mass is 32.1. The van der Waals surface area contributed by atoms with E-state index in [-0.39, 0.29) is 12.0 Å². The number of anilines is 1. The van der Waals surface area contributed by atoms with Gasteiger partial charge in [0.25, 0.3) is 0 Å². The Morgan fingerprint density at radius 3 is 2.74 bits per heavy atom. The molecule has 154 valence electrons. The molecule has 5 aromatic rings. The van der Waals surface area contributed by atoms with Gasteiger partial charge >= 0.3 is 0 Å². The standard InChI is InChI=1S/C23H18FN5OS/c24-19-15(5-3-12-4-6-16(27-20(12)19)18-2-1-7-31-18)21-22-23(25)28-17(10-29(22)11-26-21)13-8-14(30)9-13/h1-7,10-11,13-14,30H,8-9H2,(H2,25,28). The van der Waals surface area contributed by atoms with Crippen molar-refractivity contribution in [1.82, 2.24) is 19.4 Å². The number of nitrogen functional groups attached to an aromatic ring is 1. The molecule has 6 nitrogen and oxygen atoms in total. The zero-order valence-electron chi connectivity index (χ0n) is 16.4. The van der Waals surface area contributed by atoms with Crippen LogP contribution in [0.2, 0.25) is 0 Å². The maximum atomic E-state index is 15.6. The Bertz CT molecular complexity index is 1440. The van der Waals surface area contributed by atoms with Gasteiger partial charge in [-0.2, -0.15) is 0 Å². The van der Waals surface area contributed by atoms with Gasteiger partial charge in [0.1, 0.15) is 28.9 Å². The number of hydrogen-bond donors (Lipinski definition) is 2. The lowest BCUT2D eigenvalue weighted by Gasteiger charge is -2.30. The van der Waals surface area contributed by atoms with Gasteiger partial charge in [-0.1, -0.05) is 18.2 Å². The largest absolute Gasteiger partial charge is 0.393 e. The zero-order valence-corrected chi connectivity index (χ0v) is 17.2. The van der Waals surface area contributed by atoms with Gasteiger partial charge < -0.3 is 15.2 Å². The molecule has 0 saturated heterocycles. The van der Waals surface area contributed by atoms with Crippen molar-refractivity contribution in [3.05, 3.63) is 65.8 Å². The molecule has 0 bridgehead atoms. The second-order valence-corrected chi connectivity index (χ2v) is 8.84. The normalized spacial score (nSPS) is 18.5. The minimum atomic E-state index is -0.429. The van der Waals surface area contributed by atoms with E-state index in [0.29, 0.717) is 41.0 Å². The summed E-state index contributed by atoms with van der Waals surface area (Å²) in [6.07, 6.45) is 4.57. The molecule has 1 aliphatic rings. The molecule has 0 aliphatic heterocycles. The second-order valence-electron chi connectivity index (χ2n) is 7.89. The zero-order chi connectivity index (χ0) is 21.1. The fourth-order valence-corrected chi connectivity index (χ4v) is 4.89. The van der Waals surface area contributed by atoms with Crippen LogP contribution in [-0.2, 0) is 0 Å². The van der Waals surface area contributed by atoms with Crippen LogP contribution < -0.4 is 5.73 Å². The van der Waals surface area contributed by atoms with Crippen molar-refractivity contribution in [3.63, 3.8) is 0 Å². The number of aromatic nitrogens is 4. The molecule has 31 heavy (non-hydrogen) atoms. The number of aliphatic hydroxyl groups is 1. The fraction of sp³-hybridized carbons (Fsp3) is 0.174. The van der Waals surface area contributed by atoms with Crippen LogP contribution in [0.25, 0.3) is 38.2 Å². The van der Waals surface area contributed by atoms with Gasteiger partial charge in [-0.25, -0.2) is 19.3 Å². The van der Waals surface area contributed by atoms with Crippen LogP contribution in [0.3, 0.4) is 0 Å². The average Bonchev–Trinajstić information content (AvgIpc) is 3.42. The summed E-state index contributed by atoms with van der Waals surface area (Å²) >= 11 is 1.57. The number of thiophene rings is 1. The van der Waals surface area contributed by atoms with E-state index in [1.165, 1.54) is 0 Å². The minimum Gasteiger partial charge on any atom is -0.393 e. The molecule has 0 radical (unpaired) electrons. The van der Waals surface area contributed by atoms with Crippen LogP contribution in [0.5, 0.6) is 0 Å². The van der Waals surface area contributed by atoms with Crippen LogP contribution in [0.4, 0.5) is 10.2 Å². The van der Waals surface area contributed by atoms with Gasteiger partial charge in [0.15, 0.2) is 5.82 Å². The maximum absolute atomic E-state index is 15.6. The van der Waals surface area contributed by atoms with Gasteiger partial charge in [-0.15, -0.1) is 11.3 Å². The van der Waals surface area contributed by atoms with Crippen molar-refractivity contribution in [1.29, 1.82) is 0 Å². The SMILES string of the molecule is Nc1nc(C2CC(O)C2)cn2cnc(-c3ccc4ccc(-c5cccs5)nc4c3F)c12. The number of nitrogens with two attached hydrogens (primary N) is 1. The van der Waals surface area contributed by atoms with Gasteiger partial charge in [-0.3, -0.25) is 0 Å². The van der Waals surface area contributed by atoms with Crippen LogP contribution in [0.15, 0.2) is 54.3 Å². The third-order valence-electron chi connectivity index (χ3n) is 5.92. The number of halogens is 1. The van der Waals surface area contributed by atoms with Crippen molar-refractivity contribution < 1.29 is 9.50 Å². The summed E-state index contributed by atoms with van der Waals surface area (Å²) in [5.41, 5.74) is 9.47. The van der Waals surface area contributed by atoms with Crippen molar-refractivity contribution in [2.45, 2.75) is 24.9 Å². The number of hydrogen-bond acceptors (Lipinski definition) is 6. The lowest BCUT2D eigenvalue weighted by atomic mass is 9.80. The summed E-state index contributed by atoms with van der Waals surface area (Å²) in [6, 6.07) is 11.3. The van der Waals surface area contributed by atoms with E-state index in [0.717, 1.165) is 21.7 Å². The second kappa shape index (κ2) is 6.83. The Morgan fingerprint density at radius 2 is 1.97 bits per heavy atom. The monoisotopic (exact) mass is 431 g/mol. The summed E-state index contributed by atoms with van der Waals surface area (Å²) < 4.78 is 17.4. The third kappa shape index (κ3) is 2.90. The van der Waals surface area contributed by atoms with Crippen LogP contribution in [0.1, 0.15) is 24.5 Å². The maximum Gasteiger partial charge on any atom is 0.158 e. The van der Waals surface area contributed by atoms with E-state index < -0.39 is 5.82 Å². The Balaban J connectivity index is 1.49. The van der Waals surface area contributed by atoms with Gasteiger partial charge in [0.2, 0.25) is 0 Å². The molecule has 3 N–H and O–H groups in total. The summed E-state index contributed by atoms with van der Waals surface area (Å²) in [5, 5.41) is 12.3. The van der Waals surface area contributed by atoms with Gasteiger partial charge in [0.05, 0.1) is 22.4 Å². The van der Waals surface area contributed by atoms with E-state index in [2.05, 4.69) is 15.0 Å². The summed E-state index contributed by atoms with van der Waals surface area (Å²) in [6.45, 7) is 0. The number of rotatable bonds is 3. The van der Waals surface area contributed by atoms with E-state index in [1.807, 2.05) is 41.9 Å². The molecule has 1 saturated carbocycles. The first kappa shape index (κ1) is 18.4. The highest BCUT2D eigenvalue weighted by Crippen LogP contribution is 2.38. The predicted molar refractivity (Wildman–Crippen MR) is 119 cm³/mol. The van der Waals surface area contributed by atoms with Crippen LogP contribution in [0, 0.1) is 5.82 Å². The lowest BCUT2D eigenvalue weighted by Crippen LogP contribution is -2.27. The molecule has 0 amide bonds. The highest BCUT2D eigenvalue weighted by Gasteiger charge is 2.30. The van der Waals surface area contributed by atoms with Crippen LogP contribution in [-0.4, -0.2) is 30.6 Å². The summed E-state index contributed by atoms with van der Waals surface area (Å²) in [7, 11) is 0. The van der Waals surface area contributed by atoms with E-state index in [1.54, 1.807) is 28.1 Å². The van der Waals surface area contributed by atoms with Crippen molar-refractivity contribution in [3.8, 4) is 21.8 Å². The topological polar surface area (TPSA) is 89.3 Å². The number of pyridine rings is 1. The predicted octanol–water partition coefficient (Wildman–Crippen LogP) is 4.63. The highest BCUT2D eigenvalue weighted by molar-refractivity contribution is 7.13. The molecule has 1 aromatic carbocycles. The molecular weight excluding hydrogens is 413 g/mol. The third-order valence-corrected chi connectivity index (χ3v) is 6.81. The van der Waals surface area contributed by atoms with Crippen molar-refractivity contribution >= 4 is 33.6 Å². The average molecular weight is 431 g/mol. The fourth-order valence-electron chi connectivity index (χ4n) is 4.20. The molecule has 4 aromatic heterocycles. The number of benzene rings is 1. The molecular formula is C23H18FN5OS. The molecule has 6 rings (SSSR count).